The quantitative estimate of drug-likeness (QED) is 0.125. The van der Waals surface area contributed by atoms with E-state index in [0.29, 0.717) is 44.9 Å². The Hall–Kier alpha value is -4.90. The van der Waals surface area contributed by atoms with Crippen molar-refractivity contribution in [3.8, 4) is 0 Å². The van der Waals surface area contributed by atoms with Crippen LogP contribution < -0.4 is 4.90 Å². The molecule has 0 aromatic heterocycles. The number of carbonyl (C=O) groups excluding carboxylic acids is 3. The smallest absolute Gasteiger partial charge is 0.376 e. The summed E-state index contributed by atoms with van der Waals surface area (Å²) < 4.78 is 44.8. The van der Waals surface area contributed by atoms with Crippen molar-refractivity contribution < 1.29 is 32.3 Å². The molecule has 0 N–H and O–H groups in total. The van der Waals surface area contributed by atoms with Crippen molar-refractivity contribution in [2.45, 2.75) is 32.1 Å². The fraction of sp³-hybridized carbons (Fsp3) is 0.342. The van der Waals surface area contributed by atoms with Gasteiger partial charge in [0.25, 0.3) is 0 Å². The molecule has 1 aliphatic heterocycles. The van der Waals surface area contributed by atoms with Crippen molar-refractivity contribution >= 4 is 29.5 Å². The van der Waals surface area contributed by atoms with E-state index in [1.807, 2.05) is 59.5 Å². The summed E-state index contributed by atoms with van der Waals surface area (Å²) in [6.07, 6.45) is 0.151. The van der Waals surface area contributed by atoms with Crippen LogP contribution in [0.5, 0.6) is 0 Å². The highest BCUT2D eigenvalue weighted by atomic mass is 19.4. The Kier molecular flexibility index (Phi) is 13.2. The first-order valence-electron chi connectivity index (χ1n) is 16.2. The van der Waals surface area contributed by atoms with Gasteiger partial charge in [-0.3, -0.25) is 14.4 Å². The van der Waals surface area contributed by atoms with E-state index in [2.05, 4.69) is 11.5 Å². The number of anilines is 1. The minimum Gasteiger partial charge on any atom is -0.376 e. The molecule has 3 aromatic rings. The van der Waals surface area contributed by atoms with Crippen LogP contribution in [0.25, 0.3) is 6.08 Å². The molecule has 3 aromatic carbocycles. The number of benzene rings is 3. The Morgan fingerprint density at radius 2 is 1.57 bits per heavy atom. The summed E-state index contributed by atoms with van der Waals surface area (Å²) in [7, 11) is 1.67. The predicted octanol–water partition coefficient (Wildman–Crippen LogP) is 5.69. The molecule has 0 radical (unpaired) electrons. The number of ether oxygens (including phenoxy) is 1. The van der Waals surface area contributed by atoms with Crippen LogP contribution in [-0.2, 0) is 38.3 Å². The van der Waals surface area contributed by atoms with Gasteiger partial charge in [0.15, 0.2) is 0 Å². The van der Waals surface area contributed by atoms with Crippen LogP contribution in [0.3, 0.4) is 0 Å². The van der Waals surface area contributed by atoms with Gasteiger partial charge < -0.3 is 24.3 Å². The Morgan fingerprint density at radius 1 is 0.918 bits per heavy atom. The molecule has 260 valence electrons. The zero-order valence-corrected chi connectivity index (χ0v) is 27.9. The molecule has 49 heavy (non-hydrogen) atoms. The normalized spacial score (nSPS) is 14.1. The van der Waals surface area contributed by atoms with Gasteiger partial charge >= 0.3 is 6.18 Å². The van der Waals surface area contributed by atoms with E-state index in [1.165, 1.54) is 29.2 Å². The Bertz CT molecular complexity index is 1570. The van der Waals surface area contributed by atoms with Crippen LogP contribution in [0.1, 0.15) is 29.2 Å². The number of hydrogen-bond donors (Lipinski definition) is 0. The monoisotopic (exact) mass is 676 g/mol. The largest absolute Gasteiger partial charge is 0.416 e. The van der Waals surface area contributed by atoms with Crippen molar-refractivity contribution in [2.75, 3.05) is 57.9 Å². The summed E-state index contributed by atoms with van der Waals surface area (Å²) in [5, 5.41) is 0. The van der Waals surface area contributed by atoms with Gasteiger partial charge in [-0.1, -0.05) is 60.7 Å². The molecule has 1 fully saturated rings. The molecule has 8 nitrogen and oxygen atoms in total. The molecule has 1 aliphatic rings. The second kappa shape index (κ2) is 17.5. The number of rotatable bonds is 14. The molecule has 11 heteroatoms. The first-order valence-corrected chi connectivity index (χ1v) is 16.2. The van der Waals surface area contributed by atoms with E-state index in [1.54, 1.807) is 24.9 Å². The fourth-order valence-electron chi connectivity index (χ4n) is 5.58. The molecule has 1 heterocycles. The maximum Gasteiger partial charge on any atom is 0.416 e. The highest BCUT2D eigenvalue weighted by Gasteiger charge is 2.32. The average molecular weight is 677 g/mol. The van der Waals surface area contributed by atoms with Crippen LogP contribution in [0.15, 0.2) is 97.6 Å². The van der Waals surface area contributed by atoms with Crippen molar-refractivity contribution in [3.63, 3.8) is 0 Å². The highest BCUT2D eigenvalue weighted by Crippen LogP contribution is 2.29. The molecule has 0 saturated carbocycles. The van der Waals surface area contributed by atoms with E-state index < -0.39 is 23.7 Å². The van der Waals surface area contributed by atoms with Crippen molar-refractivity contribution in [2.24, 2.45) is 0 Å². The lowest BCUT2D eigenvalue weighted by Gasteiger charge is -2.36. The SMILES string of the molecule is C=CCOCCN(C)C(=O)[C@H](Cc1ccccc1)N(Cc1ccc(N2CCN(C(C)=O)CC2)cc1)C(=O)/C=C/c1ccc(C(F)(F)F)cc1. The highest BCUT2D eigenvalue weighted by molar-refractivity contribution is 5.95. The van der Waals surface area contributed by atoms with E-state index in [4.69, 9.17) is 4.74 Å². The molecule has 1 atom stereocenters. The van der Waals surface area contributed by atoms with Crippen LogP contribution in [0.4, 0.5) is 18.9 Å². The Labute approximate surface area is 286 Å². The van der Waals surface area contributed by atoms with Crippen molar-refractivity contribution in [1.82, 2.24) is 14.7 Å². The number of piperazine rings is 1. The lowest BCUT2D eigenvalue weighted by atomic mass is 10.0. The van der Waals surface area contributed by atoms with Gasteiger partial charge in [0.1, 0.15) is 6.04 Å². The molecule has 1 saturated heterocycles. The number of nitrogens with zero attached hydrogens (tertiary/aromatic N) is 4. The van der Waals surface area contributed by atoms with Gasteiger partial charge in [-0.05, 0) is 47.0 Å². The summed E-state index contributed by atoms with van der Waals surface area (Å²) in [6, 6.07) is 20.8. The average Bonchev–Trinajstić information content (AvgIpc) is 3.10. The number of halogens is 3. The molecule has 3 amide bonds. The molecule has 0 bridgehead atoms. The summed E-state index contributed by atoms with van der Waals surface area (Å²) >= 11 is 0. The van der Waals surface area contributed by atoms with Crippen molar-refractivity contribution in [1.29, 1.82) is 0 Å². The van der Waals surface area contributed by atoms with Crippen LogP contribution in [-0.4, -0.2) is 91.4 Å². The summed E-state index contributed by atoms with van der Waals surface area (Å²) in [4.78, 5) is 46.9. The van der Waals surface area contributed by atoms with Crippen LogP contribution in [0, 0.1) is 0 Å². The number of alkyl halides is 3. The van der Waals surface area contributed by atoms with Crippen LogP contribution >= 0.6 is 0 Å². The maximum atomic E-state index is 14.1. The lowest BCUT2D eigenvalue weighted by Crippen LogP contribution is -2.51. The molecule has 0 unspecified atom stereocenters. The minimum atomic E-state index is -4.47. The third kappa shape index (κ3) is 10.8. The van der Waals surface area contributed by atoms with E-state index in [0.717, 1.165) is 28.9 Å². The third-order valence-electron chi connectivity index (χ3n) is 8.43. The summed E-state index contributed by atoms with van der Waals surface area (Å²) in [5.74, 6) is -0.682. The summed E-state index contributed by atoms with van der Waals surface area (Å²) in [6.45, 7) is 8.94. The first-order chi connectivity index (χ1) is 23.5. The second-order valence-corrected chi connectivity index (χ2v) is 11.9. The van der Waals surface area contributed by atoms with E-state index >= 15 is 0 Å². The number of likely N-dealkylation sites (N-methyl/N-ethyl adjacent to an activating group) is 1. The summed E-state index contributed by atoms with van der Waals surface area (Å²) in [5.41, 5.74) is 2.28. The van der Waals surface area contributed by atoms with Gasteiger partial charge in [0.05, 0.1) is 18.8 Å². The predicted molar refractivity (Wildman–Crippen MR) is 185 cm³/mol. The Balaban J connectivity index is 1.62. The second-order valence-electron chi connectivity index (χ2n) is 11.9. The Morgan fingerprint density at radius 3 is 2.16 bits per heavy atom. The third-order valence-corrected chi connectivity index (χ3v) is 8.43. The van der Waals surface area contributed by atoms with E-state index in [-0.39, 0.29) is 31.4 Å². The molecular formula is C38H43F3N4O4. The standard InChI is InChI=1S/C38H43F3N4O4/c1-4-25-49-26-24-42(3)37(48)35(27-31-8-6-5-7-9-31)45(36(47)19-14-30-10-15-33(16-11-30)38(39,40)41)28-32-12-17-34(18-13-32)44-22-20-43(21-23-44)29(2)46/h4-19,35H,1,20-28H2,2-3H3/b19-14+/t35-/m0/s1. The first kappa shape index (κ1) is 36.9. The lowest BCUT2D eigenvalue weighted by molar-refractivity contribution is -0.143. The van der Waals surface area contributed by atoms with Gasteiger partial charge in [-0.15, -0.1) is 6.58 Å². The zero-order valence-electron chi connectivity index (χ0n) is 27.9. The topological polar surface area (TPSA) is 73.4 Å². The van der Waals surface area contributed by atoms with Gasteiger partial charge in [-0.25, -0.2) is 0 Å². The van der Waals surface area contributed by atoms with Gasteiger partial charge in [-0.2, -0.15) is 13.2 Å². The van der Waals surface area contributed by atoms with Gasteiger partial charge in [0, 0.05) is 71.4 Å². The molecular weight excluding hydrogens is 633 g/mol. The maximum absolute atomic E-state index is 14.1. The van der Waals surface area contributed by atoms with Crippen molar-refractivity contribution in [3.05, 3.63) is 120 Å². The molecule has 0 spiro atoms. The number of carbonyl (C=O) groups is 3. The minimum absolute atomic E-state index is 0.0571. The molecule has 0 aliphatic carbocycles. The van der Waals surface area contributed by atoms with E-state index in [9.17, 15) is 27.6 Å². The molecule has 4 rings (SSSR count). The van der Waals surface area contributed by atoms with Crippen LogP contribution in [0.2, 0.25) is 0 Å². The number of amides is 3. The van der Waals surface area contributed by atoms with Gasteiger partial charge in [0.2, 0.25) is 17.7 Å². The number of hydrogen-bond acceptors (Lipinski definition) is 5. The zero-order chi connectivity index (χ0) is 35.4. The fourth-order valence-corrected chi connectivity index (χ4v) is 5.58.